The van der Waals surface area contributed by atoms with Crippen molar-refractivity contribution < 1.29 is 4.79 Å². The third-order valence-electron chi connectivity index (χ3n) is 2.82. The molecule has 0 heterocycles. The van der Waals surface area contributed by atoms with Gasteiger partial charge in [-0.05, 0) is 31.4 Å². The fourth-order valence-electron chi connectivity index (χ4n) is 1.69. The molecule has 0 aliphatic heterocycles. The van der Waals surface area contributed by atoms with Crippen LogP contribution in [-0.2, 0) is 0 Å². The molecule has 4 heteroatoms. The maximum absolute atomic E-state index is 11.2. The molecule has 4 nitrogen and oxygen atoms in total. The molecular weight excluding hydrogens is 190 g/mol. The van der Waals surface area contributed by atoms with Crippen LogP contribution in [0.1, 0.15) is 29.6 Å². The van der Waals surface area contributed by atoms with Crippen molar-refractivity contribution in [3.63, 3.8) is 0 Å². The Bertz CT molecular complexity index is 385. The van der Waals surface area contributed by atoms with Gasteiger partial charge in [0, 0.05) is 6.04 Å². The number of para-hydroxylation sites is 1. The van der Waals surface area contributed by atoms with E-state index in [2.05, 4.69) is 5.32 Å². The molecule has 1 aromatic rings. The number of carbonyl (C=O) groups is 1. The minimum Gasteiger partial charge on any atom is -0.397 e. The molecule has 1 aliphatic carbocycles. The van der Waals surface area contributed by atoms with Crippen LogP contribution >= 0.6 is 0 Å². The Morgan fingerprint density at radius 2 is 2.13 bits per heavy atom. The Morgan fingerprint density at radius 1 is 1.40 bits per heavy atom. The lowest BCUT2D eigenvalue weighted by atomic mass is 9.92. The largest absolute Gasteiger partial charge is 0.397 e. The van der Waals surface area contributed by atoms with E-state index in [4.69, 9.17) is 11.5 Å². The predicted octanol–water partition coefficient (Wildman–Crippen LogP) is 1.33. The number of nitrogens with two attached hydrogens (primary N) is 2. The van der Waals surface area contributed by atoms with E-state index >= 15 is 0 Å². The molecule has 1 amide bonds. The van der Waals surface area contributed by atoms with Gasteiger partial charge in [0.25, 0.3) is 5.91 Å². The predicted molar refractivity (Wildman–Crippen MR) is 60.6 cm³/mol. The highest BCUT2D eigenvalue weighted by Crippen LogP contribution is 2.29. The van der Waals surface area contributed by atoms with Crippen LogP contribution in [0.5, 0.6) is 0 Å². The molecule has 1 saturated carbocycles. The second kappa shape index (κ2) is 3.81. The summed E-state index contributed by atoms with van der Waals surface area (Å²) in [6, 6.07) is 5.64. The van der Waals surface area contributed by atoms with Gasteiger partial charge in [-0.2, -0.15) is 0 Å². The van der Waals surface area contributed by atoms with Crippen LogP contribution in [0.2, 0.25) is 0 Å². The molecule has 0 aromatic heterocycles. The van der Waals surface area contributed by atoms with Crippen LogP contribution in [-0.4, -0.2) is 11.9 Å². The van der Waals surface area contributed by atoms with E-state index in [0.717, 1.165) is 12.8 Å². The van der Waals surface area contributed by atoms with Crippen LogP contribution in [0.3, 0.4) is 0 Å². The Kier molecular flexibility index (Phi) is 2.49. The molecule has 1 aromatic carbocycles. The maximum Gasteiger partial charge on any atom is 0.250 e. The topological polar surface area (TPSA) is 81.1 Å². The number of primary amides is 1. The van der Waals surface area contributed by atoms with Gasteiger partial charge in [-0.25, -0.2) is 0 Å². The molecule has 1 aliphatic rings. The van der Waals surface area contributed by atoms with Crippen molar-refractivity contribution in [1.29, 1.82) is 0 Å². The van der Waals surface area contributed by atoms with E-state index in [-0.39, 0.29) is 0 Å². The first-order valence-electron chi connectivity index (χ1n) is 5.13. The minimum absolute atomic E-state index is 0.438. The van der Waals surface area contributed by atoms with Gasteiger partial charge in [-0.3, -0.25) is 4.79 Å². The third-order valence-corrected chi connectivity index (χ3v) is 2.82. The normalized spacial score (nSPS) is 15.7. The number of amides is 1. The molecule has 0 unspecified atom stereocenters. The third kappa shape index (κ3) is 1.88. The molecule has 1 fully saturated rings. The molecule has 5 N–H and O–H groups in total. The first-order valence-corrected chi connectivity index (χ1v) is 5.13. The zero-order valence-electron chi connectivity index (χ0n) is 8.49. The van der Waals surface area contributed by atoms with Crippen LogP contribution in [0.15, 0.2) is 18.2 Å². The second-order valence-corrected chi connectivity index (χ2v) is 3.91. The highest BCUT2D eigenvalue weighted by molar-refractivity contribution is 6.01. The van der Waals surface area contributed by atoms with Crippen molar-refractivity contribution >= 4 is 17.3 Å². The second-order valence-electron chi connectivity index (χ2n) is 3.91. The number of anilines is 2. The van der Waals surface area contributed by atoms with E-state index in [1.165, 1.54) is 6.42 Å². The molecule has 0 radical (unpaired) electrons. The van der Waals surface area contributed by atoms with Crippen LogP contribution in [0, 0.1) is 0 Å². The molecule has 0 bridgehead atoms. The van der Waals surface area contributed by atoms with Crippen molar-refractivity contribution in [3.05, 3.63) is 23.8 Å². The Morgan fingerprint density at radius 3 is 2.67 bits per heavy atom. The van der Waals surface area contributed by atoms with Gasteiger partial charge in [0.1, 0.15) is 0 Å². The SMILES string of the molecule is NC(=O)c1cccc(N)c1NC1CCC1. The summed E-state index contributed by atoms with van der Waals surface area (Å²) in [5, 5.41) is 3.27. The standard InChI is InChI=1S/C11H15N3O/c12-9-6-2-5-8(11(13)15)10(9)14-7-3-1-4-7/h2,5-7,14H,1,3-4,12H2,(H2,13,15). The van der Waals surface area contributed by atoms with Crippen LogP contribution in [0.25, 0.3) is 0 Å². The average molecular weight is 205 g/mol. The zero-order valence-corrected chi connectivity index (χ0v) is 8.49. The summed E-state index contributed by atoms with van der Waals surface area (Å²) in [4.78, 5) is 11.2. The summed E-state index contributed by atoms with van der Waals surface area (Å²) in [6.07, 6.45) is 3.50. The fourth-order valence-corrected chi connectivity index (χ4v) is 1.69. The first-order chi connectivity index (χ1) is 7.18. The molecular formula is C11H15N3O. The minimum atomic E-state index is -0.441. The van der Waals surface area contributed by atoms with Crippen molar-refractivity contribution in [2.75, 3.05) is 11.1 Å². The molecule has 15 heavy (non-hydrogen) atoms. The molecule has 2 rings (SSSR count). The highest BCUT2D eigenvalue weighted by atomic mass is 16.1. The number of nitrogen functional groups attached to an aromatic ring is 1. The van der Waals surface area contributed by atoms with Gasteiger partial charge in [-0.15, -0.1) is 0 Å². The van der Waals surface area contributed by atoms with Crippen molar-refractivity contribution in [1.82, 2.24) is 0 Å². The number of hydrogen-bond donors (Lipinski definition) is 3. The summed E-state index contributed by atoms with van der Waals surface area (Å²) in [5.41, 5.74) is 12.8. The maximum atomic E-state index is 11.2. The van der Waals surface area contributed by atoms with Gasteiger partial charge in [0.15, 0.2) is 0 Å². The monoisotopic (exact) mass is 205 g/mol. The molecule has 0 saturated heterocycles. The fraction of sp³-hybridized carbons (Fsp3) is 0.364. The summed E-state index contributed by atoms with van der Waals surface area (Å²) in [6.45, 7) is 0. The Labute approximate surface area is 88.6 Å². The number of rotatable bonds is 3. The van der Waals surface area contributed by atoms with Gasteiger partial charge in [0.2, 0.25) is 0 Å². The molecule has 0 atom stereocenters. The number of nitrogens with one attached hydrogen (secondary N) is 1. The Hall–Kier alpha value is -1.71. The van der Waals surface area contributed by atoms with E-state index in [1.807, 2.05) is 0 Å². The smallest absolute Gasteiger partial charge is 0.250 e. The van der Waals surface area contributed by atoms with E-state index in [0.29, 0.717) is 23.0 Å². The summed E-state index contributed by atoms with van der Waals surface area (Å²) < 4.78 is 0. The lowest BCUT2D eigenvalue weighted by Gasteiger charge is -2.28. The van der Waals surface area contributed by atoms with Crippen molar-refractivity contribution in [2.24, 2.45) is 5.73 Å². The van der Waals surface area contributed by atoms with Gasteiger partial charge in [-0.1, -0.05) is 6.07 Å². The van der Waals surface area contributed by atoms with Gasteiger partial charge in [0.05, 0.1) is 16.9 Å². The van der Waals surface area contributed by atoms with Gasteiger partial charge >= 0.3 is 0 Å². The van der Waals surface area contributed by atoms with E-state index in [9.17, 15) is 4.79 Å². The number of hydrogen-bond acceptors (Lipinski definition) is 3. The summed E-state index contributed by atoms with van der Waals surface area (Å²) >= 11 is 0. The highest BCUT2D eigenvalue weighted by Gasteiger charge is 2.20. The van der Waals surface area contributed by atoms with Gasteiger partial charge < -0.3 is 16.8 Å². The summed E-state index contributed by atoms with van der Waals surface area (Å²) in [5.74, 6) is -0.441. The van der Waals surface area contributed by atoms with Crippen molar-refractivity contribution in [2.45, 2.75) is 25.3 Å². The lowest BCUT2D eigenvalue weighted by Crippen LogP contribution is -2.29. The van der Waals surface area contributed by atoms with Crippen LogP contribution < -0.4 is 16.8 Å². The van der Waals surface area contributed by atoms with E-state index in [1.54, 1.807) is 18.2 Å². The zero-order chi connectivity index (χ0) is 10.8. The summed E-state index contributed by atoms with van der Waals surface area (Å²) in [7, 11) is 0. The molecule has 0 spiro atoms. The van der Waals surface area contributed by atoms with Crippen LogP contribution in [0.4, 0.5) is 11.4 Å². The number of benzene rings is 1. The van der Waals surface area contributed by atoms with E-state index < -0.39 is 5.91 Å². The average Bonchev–Trinajstić information content (AvgIpc) is 2.12. The number of carbonyl (C=O) groups excluding carboxylic acids is 1. The lowest BCUT2D eigenvalue weighted by molar-refractivity contribution is 0.100. The Balaban J connectivity index is 2.29. The quantitative estimate of drug-likeness (QED) is 0.651. The van der Waals surface area contributed by atoms with Crippen molar-refractivity contribution in [3.8, 4) is 0 Å². The first kappa shape index (κ1) is 9.83. The molecule has 80 valence electrons.